The molecule has 0 saturated heterocycles. The minimum atomic E-state index is 0. The van der Waals surface area contributed by atoms with Crippen LogP contribution < -0.4 is 29.5 Å². The number of hydrogen-bond donors (Lipinski definition) is 3. The summed E-state index contributed by atoms with van der Waals surface area (Å²) in [6.07, 6.45) is 12.8. The Morgan fingerprint density at radius 1 is 0.736 bits per heavy atom. The molecule has 276 valence electrons. The molecule has 8 rings (SSSR count). The number of Topliss-reactive ketones (excluding diaryl/α,β-unsaturated/α-hetero) is 1. The number of thiophene rings is 2. The molecule has 3 N–H and O–H groups in total. The molecule has 0 unspecified atom stereocenters. The van der Waals surface area contributed by atoms with Crippen LogP contribution in [-0.2, 0) is 6.61 Å². The van der Waals surface area contributed by atoms with Gasteiger partial charge in [0.15, 0.2) is 23.1 Å². The number of ketones is 1. The summed E-state index contributed by atoms with van der Waals surface area (Å²) in [6.45, 7) is 1.66. The number of benzene rings is 2. The van der Waals surface area contributed by atoms with Crippen LogP contribution in [0.2, 0.25) is 0 Å². The molecule has 53 heavy (non-hydrogen) atoms. The number of carbonyl (C=O) groups is 1. The molecule has 2 aliphatic rings. The number of aliphatic hydroxyl groups is 1. The van der Waals surface area contributed by atoms with Crippen LogP contribution in [0.25, 0.3) is 40.6 Å². The van der Waals surface area contributed by atoms with E-state index in [0.29, 0.717) is 24.2 Å². The van der Waals surface area contributed by atoms with E-state index in [1.807, 2.05) is 24.3 Å². The van der Waals surface area contributed by atoms with Gasteiger partial charge in [-0.2, -0.15) is 0 Å². The van der Waals surface area contributed by atoms with Gasteiger partial charge in [0.1, 0.15) is 34.0 Å². The molecule has 10 nitrogen and oxygen atoms in total. The van der Waals surface area contributed by atoms with Crippen molar-refractivity contribution in [2.45, 2.75) is 89.1 Å². The number of anilines is 2. The fourth-order valence-electron chi connectivity index (χ4n) is 7.66. The largest absolute Gasteiger partial charge is 1.00 e. The average Bonchev–Trinajstić information content (AvgIpc) is 3.71. The van der Waals surface area contributed by atoms with Crippen LogP contribution in [0.4, 0.5) is 11.6 Å². The second-order valence-corrected chi connectivity index (χ2v) is 16.6. The van der Waals surface area contributed by atoms with Gasteiger partial charge in [0.05, 0.1) is 17.4 Å². The van der Waals surface area contributed by atoms with Gasteiger partial charge in [-0.3, -0.25) is 4.79 Å². The van der Waals surface area contributed by atoms with Crippen molar-refractivity contribution in [1.29, 1.82) is 0 Å². The maximum absolute atomic E-state index is 11.8. The number of hydrogen-bond acceptors (Lipinski definition) is 12. The number of nitrogens with one attached hydrogen (secondary N) is 2. The maximum atomic E-state index is 11.8. The molecule has 4 aromatic heterocycles. The van der Waals surface area contributed by atoms with Gasteiger partial charge in [0.25, 0.3) is 0 Å². The number of aromatic nitrogens is 4. The van der Waals surface area contributed by atoms with Crippen molar-refractivity contribution >= 4 is 98.1 Å². The maximum Gasteiger partial charge on any atom is 1.00 e. The minimum absolute atomic E-state index is 0. The first-order chi connectivity index (χ1) is 24.7. The van der Waals surface area contributed by atoms with E-state index < -0.39 is 0 Å². The second-order valence-electron chi connectivity index (χ2n) is 14.5. The standard InChI is InChI=1S/C20H24N4OS.C19H24N4OS.Al.Li.4H/c1-12(25)13-4-9-17-16(10-13)18-19(21-11-22-20(18)26-17)23-14-5-7-15(8-6-14)24(2)3;1-23(2)14-6-4-13(5-7-14)22-18-17-15-9-12(10-24)3-8-16(15)25-19(17)21-11-20-18;;;;;;/h4,9-11,14-15H,5-8H2,1-3H3,(H,21,22,23);3,8-9,11,13-14,24H,4-7,10H2,1-2H3,(H,20,21,22);;;;;;/q;;;+1;;;;-1. The summed E-state index contributed by atoms with van der Waals surface area (Å²) in [5.74, 6) is 1.91. The molecule has 0 amide bonds. The van der Waals surface area contributed by atoms with Crippen LogP contribution >= 0.6 is 22.7 Å². The Bertz CT molecular complexity index is 2170. The summed E-state index contributed by atoms with van der Waals surface area (Å²) >= 11 is 3.34. The Hall–Kier alpha value is -2.68. The molecule has 6 aromatic rings. The summed E-state index contributed by atoms with van der Waals surface area (Å²) in [4.78, 5) is 36.4. The molecule has 2 saturated carbocycles. The fourth-order valence-corrected chi connectivity index (χ4v) is 9.71. The molecular formula is C39H52AlLiN8O2S2. The zero-order valence-corrected chi connectivity index (χ0v) is 32.8. The molecule has 0 radical (unpaired) electrons. The van der Waals surface area contributed by atoms with Gasteiger partial charge in [-0.15, -0.1) is 22.7 Å². The van der Waals surface area contributed by atoms with Crippen molar-refractivity contribution in [3.63, 3.8) is 0 Å². The summed E-state index contributed by atoms with van der Waals surface area (Å²) in [6, 6.07) is 14.3. The van der Waals surface area contributed by atoms with Crippen molar-refractivity contribution in [3.05, 3.63) is 60.2 Å². The average molecular weight is 763 g/mol. The Balaban J connectivity index is 0.000000228. The van der Waals surface area contributed by atoms with Gasteiger partial charge >= 0.3 is 18.9 Å². The zero-order chi connectivity index (χ0) is 35.6. The van der Waals surface area contributed by atoms with Crippen molar-refractivity contribution in [2.75, 3.05) is 38.8 Å². The topological polar surface area (TPSA) is 119 Å². The Kier molecular flexibility index (Phi) is 14.3. The van der Waals surface area contributed by atoms with E-state index in [4.69, 9.17) is 0 Å². The van der Waals surface area contributed by atoms with E-state index in [0.717, 1.165) is 84.4 Å². The van der Waals surface area contributed by atoms with Gasteiger partial charge in [-0.25, -0.2) is 19.9 Å². The number of nitrogens with zero attached hydrogens (tertiary/aromatic N) is 6. The van der Waals surface area contributed by atoms with Crippen molar-refractivity contribution in [1.82, 2.24) is 29.7 Å². The minimum Gasteiger partial charge on any atom is -1.00 e. The van der Waals surface area contributed by atoms with E-state index in [1.165, 1.54) is 30.4 Å². The second kappa shape index (κ2) is 18.3. The van der Waals surface area contributed by atoms with Gasteiger partial charge in [-0.05, 0) is 122 Å². The van der Waals surface area contributed by atoms with Crippen LogP contribution in [-0.4, -0.2) is 110 Å². The Labute approximate surface area is 344 Å². The third kappa shape index (κ3) is 9.24. The normalized spacial score (nSPS) is 20.2. The Morgan fingerprint density at radius 2 is 1.19 bits per heavy atom. The number of fused-ring (bicyclic) bond motifs is 6. The SMILES string of the molecule is CC(=O)c1ccc2sc3ncnc(NC4CCC(N(C)C)CC4)c3c2c1.CN(C)C1CCC(Nc2ncnc3sc4ccc(CO)cc4c23)CC1.[AlH3].[H-].[Li+]. The monoisotopic (exact) mass is 762 g/mol. The van der Waals surface area contributed by atoms with Crippen molar-refractivity contribution in [3.8, 4) is 0 Å². The molecule has 2 aromatic carbocycles. The van der Waals surface area contributed by atoms with Crippen LogP contribution in [0.15, 0.2) is 49.1 Å². The molecule has 4 heterocycles. The molecule has 14 heteroatoms. The Morgan fingerprint density at radius 3 is 1.62 bits per heavy atom. The fraction of sp³-hybridized carbons (Fsp3) is 0.462. The first-order valence-corrected chi connectivity index (χ1v) is 19.6. The first kappa shape index (κ1) is 41.5. The first-order valence-electron chi connectivity index (χ1n) is 18.0. The van der Waals surface area contributed by atoms with Crippen LogP contribution in [0, 0.1) is 0 Å². The third-order valence-corrected chi connectivity index (χ3v) is 12.9. The number of carbonyl (C=O) groups excluding carboxylic acids is 1. The predicted octanol–water partition coefficient (Wildman–Crippen LogP) is 3.89. The van der Waals surface area contributed by atoms with E-state index in [9.17, 15) is 9.90 Å². The summed E-state index contributed by atoms with van der Waals surface area (Å²) in [5.41, 5.74) is 1.66. The van der Waals surface area contributed by atoms with Gasteiger partial charge in [0, 0.05) is 49.9 Å². The van der Waals surface area contributed by atoms with Crippen molar-refractivity contribution in [2.24, 2.45) is 0 Å². The van der Waals surface area contributed by atoms with Crippen LogP contribution in [0.1, 0.15) is 75.6 Å². The molecule has 2 aliphatic carbocycles. The molecule has 2 fully saturated rings. The summed E-state index contributed by atoms with van der Waals surface area (Å²) < 4.78 is 2.33. The quantitative estimate of drug-likeness (QED) is 0.156. The molecule has 0 spiro atoms. The molecular weight excluding hydrogens is 711 g/mol. The third-order valence-electron chi connectivity index (χ3n) is 10.7. The van der Waals surface area contributed by atoms with E-state index in [2.05, 4.69) is 80.7 Å². The van der Waals surface area contributed by atoms with Gasteiger partial charge in [-0.1, -0.05) is 6.07 Å². The predicted molar refractivity (Wildman–Crippen MR) is 224 cm³/mol. The van der Waals surface area contributed by atoms with Gasteiger partial charge < -0.3 is 27.0 Å². The zero-order valence-electron chi connectivity index (χ0n) is 32.1. The molecule has 0 aliphatic heterocycles. The van der Waals surface area contributed by atoms with Gasteiger partial charge in [0.2, 0.25) is 0 Å². The van der Waals surface area contributed by atoms with Crippen LogP contribution in [0.3, 0.4) is 0 Å². The van der Waals surface area contributed by atoms with E-state index in [1.54, 1.807) is 42.3 Å². The number of rotatable bonds is 8. The van der Waals surface area contributed by atoms with E-state index >= 15 is 0 Å². The number of aliphatic hydroxyl groups excluding tert-OH is 1. The van der Waals surface area contributed by atoms with Crippen LogP contribution in [0.5, 0.6) is 0 Å². The van der Waals surface area contributed by atoms with E-state index in [-0.39, 0.29) is 50.0 Å². The molecule has 0 atom stereocenters. The summed E-state index contributed by atoms with van der Waals surface area (Å²) in [7, 11) is 8.66. The van der Waals surface area contributed by atoms with Crippen molar-refractivity contribution < 1.29 is 30.2 Å². The smallest absolute Gasteiger partial charge is 1.00 e. The molecule has 0 bridgehead atoms. The summed E-state index contributed by atoms with van der Waals surface area (Å²) in [5, 5.41) is 21.1.